The van der Waals surface area contributed by atoms with Gasteiger partial charge in [0.2, 0.25) is 0 Å². The molecule has 0 atom stereocenters. The fraction of sp³-hybridized carbons (Fsp3) is 0.455. The number of nitrogens with two attached hydrogens (primary N) is 1. The van der Waals surface area contributed by atoms with Crippen LogP contribution in [0.1, 0.15) is 17.8 Å². The van der Waals surface area contributed by atoms with Crippen LogP contribution in [0.5, 0.6) is 0 Å². The molecule has 0 aliphatic heterocycles. The molecule has 0 aromatic carbocycles. The number of hydrogen-bond donors (Lipinski definition) is 2. The molecule has 6 heteroatoms. The summed E-state index contributed by atoms with van der Waals surface area (Å²) in [7, 11) is 0. The Morgan fingerprint density at radius 3 is 2.88 bits per heavy atom. The first-order valence-electron chi connectivity index (χ1n) is 5.61. The van der Waals surface area contributed by atoms with Gasteiger partial charge in [-0.15, -0.1) is 0 Å². The second-order valence-corrected chi connectivity index (χ2v) is 5.06. The van der Waals surface area contributed by atoms with E-state index in [2.05, 4.69) is 28.4 Å². The summed E-state index contributed by atoms with van der Waals surface area (Å²) in [6.45, 7) is 5.90. The monoisotopic (exact) mass is 251 g/mol. The van der Waals surface area contributed by atoms with Crippen molar-refractivity contribution in [1.82, 2.24) is 14.8 Å². The number of aryl methyl sites for hydroxylation is 3. The molecule has 0 bridgehead atoms. The Hall–Kier alpha value is -1.56. The van der Waals surface area contributed by atoms with Gasteiger partial charge in [0.05, 0.1) is 11.9 Å². The van der Waals surface area contributed by atoms with E-state index < -0.39 is 0 Å². The van der Waals surface area contributed by atoms with Crippen LogP contribution in [0.3, 0.4) is 0 Å². The highest BCUT2D eigenvalue weighted by atomic mass is 32.1. The maximum Gasteiger partial charge on any atom is 0.184 e. The first kappa shape index (κ1) is 11.9. The molecule has 0 aliphatic rings. The van der Waals surface area contributed by atoms with Gasteiger partial charge < -0.3 is 11.1 Å². The van der Waals surface area contributed by atoms with Gasteiger partial charge in [-0.2, -0.15) is 5.10 Å². The first-order valence-corrected chi connectivity index (χ1v) is 6.43. The molecule has 0 saturated carbocycles. The molecule has 0 amide bonds. The van der Waals surface area contributed by atoms with E-state index in [1.165, 1.54) is 17.0 Å². The van der Waals surface area contributed by atoms with E-state index in [4.69, 9.17) is 5.73 Å². The van der Waals surface area contributed by atoms with Crippen LogP contribution >= 0.6 is 11.3 Å². The van der Waals surface area contributed by atoms with Crippen molar-refractivity contribution in [2.45, 2.75) is 26.8 Å². The van der Waals surface area contributed by atoms with Crippen molar-refractivity contribution < 1.29 is 0 Å². The number of nitrogens with one attached hydrogen (secondary N) is 1. The highest BCUT2D eigenvalue weighted by Gasteiger charge is 2.01. The quantitative estimate of drug-likeness (QED) is 0.798. The second-order valence-electron chi connectivity index (χ2n) is 4.00. The molecule has 3 N–H and O–H groups in total. The molecule has 92 valence electrons. The van der Waals surface area contributed by atoms with Crippen molar-refractivity contribution in [2.24, 2.45) is 0 Å². The minimum Gasteiger partial charge on any atom is -0.389 e. The molecule has 0 radical (unpaired) electrons. The van der Waals surface area contributed by atoms with Gasteiger partial charge in [0, 0.05) is 18.8 Å². The fourth-order valence-corrected chi connectivity index (χ4v) is 2.30. The molecular weight excluding hydrogens is 234 g/mol. The molecule has 2 heterocycles. The van der Waals surface area contributed by atoms with Crippen molar-refractivity contribution >= 4 is 21.5 Å². The predicted molar refractivity (Wildman–Crippen MR) is 71.3 cm³/mol. The summed E-state index contributed by atoms with van der Waals surface area (Å²) in [4.78, 5) is 4.14. The zero-order valence-corrected chi connectivity index (χ0v) is 10.9. The summed E-state index contributed by atoms with van der Waals surface area (Å²) in [6.07, 6.45) is 2.69. The molecule has 2 aromatic rings. The molecule has 0 fully saturated rings. The van der Waals surface area contributed by atoms with Gasteiger partial charge in [-0.1, -0.05) is 11.3 Å². The lowest BCUT2D eigenvalue weighted by molar-refractivity contribution is 0.573. The third-order valence-corrected chi connectivity index (χ3v) is 3.23. The van der Waals surface area contributed by atoms with Gasteiger partial charge in [-0.25, -0.2) is 4.98 Å². The molecule has 5 nitrogen and oxygen atoms in total. The predicted octanol–water partition coefficient (Wildman–Crippen LogP) is 2.04. The van der Waals surface area contributed by atoms with Gasteiger partial charge in [0.15, 0.2) is 5.13 Å². The van der Waals surface area contributed by atoms with Gasteiger partial charge >= 0.3 is 0 Å². The Bertz CT molecular complexity index is 488. The van der Waals surface area contributed by atoms with Crippen molar-refractivity contribution in [3.05, 3.63) is 23.7 Å². The van der Waals surface area contributed by atoms with Crippen LogP contribution in [-0.2, 0) is 6.54 Å². The van der Waals surface area contributed by atoms with Crippen LogP contribution in [-0.4, -0.2) is 21.3 Å². The van der Waals surface area contributed by atoms with Crippen LogP contribution in [0.15, 0.2) is 12.3 Å². The number of hydrogen-bond acceptors (Lipinski definition) is 5. The van der Waals surface area contributed by atoms with Gasteiger partial charge in [-0.3, -0.25) is 4.68 Å². The molecule has 2 rings (SSSR count). The van der Waals surface area contributed by atoms with E-state index in [0.29, 0.717) is 0 Å². The number of aromatic nitrogens is 3. The normalized spacial score (nSPS) is 10.7. The van der Waals surface area contributed by atoms with Crippen molar-refractivity contribution in [3.8, 4) is 0 Å². The Kier molecular flexibility index (Phi) is 3.63. The lowest BCUT2D eigenvalue weighted by Crippen LogP contribution is -2.08. The van der Waals surface area contributed by atoms with Crippen LogP contribution in [0.4, 0.5) is 10.1 Å². The first-order chi connectivity index (χ1) is 8.15. The highest BCUT2D eigenvalue weighted by Crippen LogP contribution is 2.19. The molecule has 0 saturated heterocycles. The van der Waals surface area contributed by atoms with E-state index >= 15 is 0 Å². The summed E-state index contributed by atoms with van der Waals surface area (Å²) < 4.78 is 2.03. The molecule has 0 aliphatic carbocycles. The van der Waals surface area contributed by atoms with Gasteiger partial charge in [0.1, 0.15) is 5.00 Å². The van der Waals surface area contributed by atoms with Crippen molar-refractivity contribution in [3.63, 3.8) is 0 Å². The SMILES string of the molecule is Cc1cc(C)n(CCCNc2ncc(N)s2)n1. The summed E-state index contributed by atoms with van der Waals surface area (Å²) >= 11 is 1.47. The van der Waals surface area contributed by atoms with E-state index in [1.54, 1.807) is 6.20 Å². The Morgan fingerprint density at radius 1 is 1.47 bits per heavy atom. The molecule has 2 aromatic heterocycles. The summed E-state index contributed by atoms with van der Waals surface area (Å²) in [5.74, 6) is 0. The van der Waals surface area contributed by atoms with Crippen molar-refractivity contribution in [1.29, 1.82) is 0 Å². The molecule has 0 spiro atoms. The van der Waals surface area contributed by atoms with Gasteiger partial charge in [0.25, 0.3) is 0 Å². The average molecular weight is 251 g/mol. The number of rotatable bonds is 5. The van der Waals surface area contributed by atoms with Crippen LogP contribution in [0.2, 0.25) is 0 Å². The number of nitrogen functional groups attached to an aromatic ring is 1. The zero-order valence-electron chi connectivity index (χ0n) is 10.1. The largest absolute Gasteiger partial charge is 0.389 e. The minimum absolute atomic E-state index is 0.742. The number of anilines is 2. The smallest absolute Gasteiger partial charge is 0.184 e. The molecular formula is C11H17N5S. The minimum atomic E-state index is 0.742. The average Bonchev–Trinajstić information content (AvgIpc) is 2.81. The number of nitrogens with zero attached hydrogens (tertiary/aromatic N) is 3. The lowest BCUT2D eigenvalue weighted by Gasteiger charge is -2.05. The third kappa shape index (κ3) is 3.20. The van der Waals surface area contributed by atoms with E-state index in [0.717, 1.165) is 35.3 Å². The standard InChI is InChI=1S/C11H17N5S/c1-8-6-9(2)16(15-8)5-3-4-13-11-14-7-10(12)17-11/h6-7H,3-5,12H2,1-2H3,(H,13,14). The fourth-order valence-electron chi connectivity index (χ4n) is 1.69. The second kappa shape index (κ2) is 5.18. The maximum absolute atomic E-state index is 5.60. The molecule has 17 heavy (non-hydrogen) atoms. The maximum atomic E-state index is 5.60. The Morgan fingerprint density at radius 2 is 2.29 bits per heavy atom. The topological polar surface area (TPSA) is 68.8 Å². The van der Waals surface area contributed by atoms with E-state index in [9.17, 15) is 0 Å². The lowest BCUT2D eigenvalue weighted by atomic mass is 10.4. The zero-order chi connectivity index (χ0) is 12.3. The van der Waals surface area contributed by atoms with E-state index in [1.807, 2.05) is 11.6 Å². The van der Waals surface area contributed by atoms with E-state index in [-0.39, 0.29) is 0 Å². The third-order valence-electron chi connectivity index (χ3n) is 2.45. The summed E-state index contributed by atoms with van der Waals surface area (Å²) in [5, 5.41) is 9.29. The number of thiazole rings is 1. The Labute approximate surface area is 105 Å². The van der Waals surface area contributed by atoms with Crippen LogP contribution in [0, 0.1) is 13.8 Å². The highest BCUT2D eigenvalue weighted by molar-refractivity contribution is 7.19. The summed E-state index contributed by atoms with van der Waals surface area (Å²) in [6, 6.07) is 2.09. The Balaban J connectivity index is 1.75. The van der Waals surface area contributed by atoms with Crippen LogP contribution in [0.25, 0.3) is 0 Å². The summed E-state index contributed by atoms with van der Waals surface area (Å²) in [5.41, 5.74) is 7.88. The van der Waals surface area contributed by atoms with Gasteiger partial charge in [-0.05, 0) is 26.3 Å². The van der Waals surface area contributed by atoms with Crippen LogP contribution < -0.4 is 11.1 Å². The molecule has 0 unspecified atom stereocenters. The van der Waals surface area contributed by atoms with Crippen molar-refractivity contribution in [2.75, 3.05) is 17.6 Å².